The van der Waals surface area contributed by atoms with Gasteiger partial charge < -0.3 is 5.11 Å². The first-order valence-corrected chi connectivity index (χ1v) is 7.33. The Bertz CT molecular complexity index is 617. The van der Waals surface area contributed by atoms with Crippen molar-refractivity contribution in [2.45, 2.75) is 24.0 Å². The molecule has 1 saturated heterocycles. The molecule has 20 heavy (non-hydrogen) atoms. The lowest BCUT2D eigenvalue weighted by Gasteiger charge is -2.22. The van der Waals surface area contributed by atoms with Crippen LogP contribution in [0.15, 0.2) is 29.2 Å². The lowest BCUT2D eigenvalue weighted by molar-refractivity contribution is -0.141. The molecular weight excluding hydrogens is 292 g/mol. The Labute approximate surface area is 114 Å². The fraction of sp³-hybridized carbons (Fsp3) is 0.417. The average molecular weight is 305 g/mol. The number of sulfonamides is 1. The van der Waals surface area contributed by atoms with Crippen LogP contribution in [0.3, 0.4) is 0 Å². The number of carboxylic acids is 1. The Kier molecular flexibility index (Phi) is 3.79. The molecule has 1 aromatic rings. The summed E-state index contributed by atoms with van der Waals surface area (Å²) in [6, 6.07) is 2.50. The molecule has 1 N–H and O–H groups in total. The minimum atomic E-state index is -4.17. The quantitative estimate of drug-likeness (QED) is 0.912. The van der Waals surface area contributed by atoms with E-state index < -0.39 is 46.5 Å². The van der Waals surface area contributed by atoms with Crippen LogP contribution in [-0.2, 0) is 14.8 Å². The number of alkyl halides is 1. The van der Waals surface area contributed by atoms with E-state index in [0.717, 1.165) is 24.3 Å². The number of hydrogen-bond donors (Lipinski definition) is 1. The van der Waals surface area contributed by atoms with Crippen molar-refractivity contribution in [2.75, 3.05) is 6.54 Å². The van der Waals surface area contributed by atoms with E-state index in [1.807, 2.05) is 0 Å². The summed E-state index contributed by atoms with van der Waals surface area (Å²) < 4.78 is 51.8. The van der Waals surface area contributed by atoms with Gasteiger partial charge in [0, 0.05) is 12.5 Å². The van der Waals surface area contributed by atoms with Gasteiger partial charge in [-0.1, -0.05) is 6.92 Å². The molecular formula is C12H13F2NO4S. The highest BCUT2D eigenvalue weighted by molar-refractivity contribution is 7.89. The van der Waals surface area contributed by atoms with Crippen LogP contribution in [0.2, 0.25) is 0 Å². The van der Waals surface area contributed by atoms with E-state index in [1.165, 1.54) is 6.92 Å². The van der Waals surface area contributed by atoms with Crippen molar-refractivity contribution in [3.63, 3.8) is 0 Å². The second kappa shape index (κ2) is 5.10. The van der Waals surface area contributed by atoms with Crippen molar-refractivity contribution in [3.8, 4) is 0 Å². The molecule has 0 saturated carbocycles. The SMILES string of the molecule is CC1C(F)CN(S(=O)(=O)c2ccc(F)cc2)C1C(=O)O. The van der Waals surface area contributed by atoms with E-state index in [0.29, 0.717) is 4.31 Å². The molecule has 1 heterocycles. The van der Waals surface area contributed by atoms with Gasteiger partial charge in [0.1, 0.15) is 18.0 Å². The summed E-state index contributed by atoms with van der Waals surface area (Å²) in [6.45, 7) is 0.835. The molecule has 0 aliphatic carbocycles. The van der Waals surface area contributed by atoms with Gasteiger partial charge in [-0.3, -0.25) is 4.79 Å². The Morgan fingerprint density at radius 3 is 2.40 bits per heavy atom. The normalized spacial score (nSPS) is 27.6. The minimum absolute atomic E-state index is 0.258. The molecule has 0 spiro atoms. The van der Waals surface area contributed by atoms with Crippen LogP contribution in [0, 0.1) is 11.7 Å². The molecule has 0 bridgehead atoms. The highest BCUT2D eigenvalue weighted by atomic mass is 32.2. The number of rotatable bonds is 3. The second-order valence-corrected chi connectivity index (χ2v) is 6.58. The maximum Gasteiger partial charge on any atom is 0.322 e. The summed E-state index contributed by atoms with van der Waals surface area (Å²) in [5.41, 5.74) is 0. The van der Waals surface area contributed by atoms with Gasteiger partial charge in [0.15, 0.2) is 0 Å². The van der Waals surface area contributed by atoms with Crippen LogP contribution in [-0.4, -0.2) is 42.6 Å². The zero-order valence-corrected chi connectivity index (χ0v) is 11.3. The molecule has 110 valence electrons. The van der Waals surface area contributed by atoms with Crippen LogP contribution in [0.25, 0.3) is 0 Å². The number of halogens is 2. The third-order valence-corrected chi connectivity index (χ3v) is 5.27. The molecule has 0 amide bonds. The lowest BCUT2D eigenvalue weighted by atomic mass is 10.0. The maximum atomic E-state index is 13.7. The zero-order valence-electron chi connectivity index (χ0n) is 10.5. The van der Waals surface area contributed by atoms with E-state index in [9.17, 15) is 22.0 Å². The minimum Gasteiger partial charge on any atom is -0.480 e. The van der Waals surface area contributed by atoms with E-state index in [2.05, 4.69) is 0 Å². The molecule has 1 aromatic carbocycles. The van der Waals surface area contributed by atoms with Crippen molar-refractivity contribution >= 4 is 16.0 Å². The van der Waals surface area contributed by atoms with Crippen molar-refractivity contribution in [1.82, 2.24) is 4.31 Å². The van der Waals surface area contributed by atoms with Gasteiger partial charge in [-0.2, -0.15) is 4.31 Å². The van der Waals surface area contributed by atoms with E-state index in [4.69, 9.17) is 5.11 Å². The van der Waals surface area contributed by atoms with Gasteiger partial charge in [0.25, 0.3) is 0 Å². The Balaban J connectivity index is 2.43. The van der Waals surface area contributed by atoms with Crippen LogP contribution < -0.4 is 0 Å². The number of aliphatic carboxylic acids is 1. The summed E-state index contributed by atoms with van der Waals surface area (Å²) in [6.07, 6.45) is -1.55. The van der Waals surface area contributed by atoms with Crippen molar-refractivity contribution in [1.29, 1.82) is 0 Å². The van der Waals surface area contributed by atoms with E-state index >= 15 is 0 Å². The van der Waals surface area contributed by atoms with Crippen molar-refractivity contribution in [2.24, 2.45) is 5.92 Å². The van der Waals surface area contributed by atoms with Crippen LogP contribution >= 0.6 is 0 Å². The first kappa shape index (κ1) is 14.9. The highest BCUT2D eigenvalue weighted by Gasteiger charge is 2.49. The third-order valence-electron chi connectivity index (χ3n) is 3.41. The predicted molar refractivity (Wildman–Crippen MR) is 65.8 cm³/mol. The van der Waals surface area contributed by atoms with Crippen molar-refractivity contribution < 1.29 is 27.1 Å². The van der Waals surface area contributed by atoms with E-state index in [1.54, 1.807) is 0 Å². The lowest BCUT2D eigenvalue weighted by Crippen LogP contribution is -2.42. The molecule has 1 fully saturated rings. The van der Waals surface area contributed by atoms with Gasteiger partial charge in [-0.25, -0.2) is 17.2 Å². The van der Waals surface area contributed by atoms with Crippen molar-refractivity contribution in [3.05, 3.63) is 30.1 Å². The molecule has 1 aliphatic heterocycles. The van der Waals surface area contributed by atoms with Gasteiger partial charge in [0.05, 0.1) is 4.90 Å². The zero-order chi connectivity index (χ0) is 15.1. The third kappa shape index (κ3) is 2.40. The van der Waals surface area contributed by atoms with Gasteiger partial charge in [-0.15, -0.1) is 0 Å². The van der Waals surface area contributed by atoms with Gasteiger partial charge in [-0.05, 0) is 24.3 Å². The standard InChI is InChI=1S/C12H13F2NO4S/c1-7-10(14)6-15(11(7)12(16)17)20(18,19)9-4-2-8(13)3-5-9/h2-5,7,10-11H,6H2,1H3,(H,16,17). The molecule has 3 atom stereocenters. The number of carbonyl (C=O) groups is 1. The monoisotopic (exact) mass is 305 g/mol. The predicted octanol–water partition coefficient (Wildman–Crippen LogP) is 1.26. The van der Waals surface area contributed by atoms with Crippen LogP contribution in [0.1, 0.15) is 6.92 Å². The summed E-state index contributed by atoms with van der Waals surface area (Å²) in [4.78, 5) is 10.9. The first-order valence-electron chi connectivity index (χ1n) is 5.89. The smallest absolute Gasteiger partial charge is 0.322 e. The summed E-state index contributed by atoms with van der Waals surface area (Å²) in [5.74, 6) is -2.96. The largest absolute Gasteiger partial charge is 0.480 e. The second-order valence-electron chi connectivity index (χ2n) is 4.69. The Morgan fingerprint density at radius 1 is 1.35 bits per heavy atom. The Morgan fingerprint density at radius 2 is 1.90 bits per heavy atom. The maximum absolute atomic E-state index is 13.7. The molecule has 5 nitrogen and oxygen atoms in total. The molecule has 8 heteroatoms. The van der Waals surface area contributed by atoms with E-state index in [-0.39, 0.29) is 4.90 Å². The number of benzene rings is 1. The molecule has 0 aromatic heterocycles. The molecule has 0 radical (unpaired) electrons. The molecule has 1 aliphatic rings. The topological polar surface area (TPSA) is 74.7 Å². The molecule has 2 rings (SSSR count). The Hall–Kier alpha value is -1.54. The fourth-order valence-corrected chi connectivity index (χ4v) is 3.92. The average Bonchev–Trinajstić information content (AvgIpc) is 2.67. The van der Waals surface area contributed by atoms with Gasteiger partial charge in [0.2, 0.25) is 10.0 Å². The summed E-state index contributed by atoms with van der Waals surface area (Å²) in [5, 5.41) is 9.09. The summed E-state index contributed by atoms with van der Waals surface area (Å²) >= 11 is 0. The number of nitrogens with zero attached hydrogens (tertiary/aromatic N) is 1. The first-order chi connectivity index (χ1) is 9.25. The highest BCUT2D eigenvalue weighted by Crippen LogP contribution is 2.32. The number of hydrogen-bond acceptors (Lipinski definition) is 3. The summed E-state index contributed by atoms with van der Waals surface area (Å²) in [7, 11) is -4.17. The van der Waals surface area contributed by atoms with Gasteiger partial charge >= 0.3 is 5.97 Å². The fourth-order valence-electron chi connectivity index (χ4n) is 2.25. The number of carboxylic acid groups (broad SMARTS) is 1. The van der Waals surface area contributed by atoms with Crippen LogP contribution in [0.5, 0.6) is 0 Å². The molecule has 3 unspecified atom stereocenters. The van der Waals surface area contributed by atoms with Crippen LogP contribution in [0.4, 0.5) is 8.78 Å².